The Morgan fingerprint density at radius 1 is 1.55 bits per heavy atom. The Labute approximate surface area is 124 Å². The molecule has 20 heavy (non-hydrogen) atoms. The summed E-state index contributed by atoms with van der Waals surface area (Å²) in [6.07, 6.45) is 2.64. The topological polar surface area (TPSA) is 41.6 Å². The second kappa shape index (κ2) is 6.88. The molecule has 0 aliphatic carbocycles. The molecule has 1 N–H and O–H groups in total. The van der Waals surface area contributed by atoms with Crippen LogP contribution in [0.4, 0.5) is 5.69 Å². The summed E-state index contributed by atoms with van der Waals surface area (Å²) in [5.41, 5.74) is 0.953. The third-order valence-electron chi connectivity index (χ3n) is 3.66. The van der Waals surface area contributed by atoms with Gasteiger partial charge < -0.3 is 15.0 Å². The molecule has 1 aromatic rings. The van der Waals surface area contributed by atoms with Crippen LogP contribution in [0, 0.1) is 0 Å². The number of hydrogen-bond acceptors (Lipinski definition) is 4. The van der Waals surface area contributed by atoms with Crippen LogP contribution >= 0.6 is 11.8 Å². The molecule has 0 aromatic heterocycles. The molecule has 1 heterocycles. The molecule has 1 aromatic carbocycles. The number of fused-ring (bicyclic) bond motifs is 1. The average Bonchev–Trinajstić information content (AvgIpc) is 2.50. The lowest BCUT2D eigenvalue weighted by Crippen LogP contribution is -2.48. The average molecular weight is 294 g/mol. The molecule has 0 fully saturated rings. The number of nitrogens with one attached hydrogen (secondary N) is 1. The van der Waals surface area contributed by atoms with Crippen LogP contribution in [0.2, 0.25) is 0 Å². The number of carbonyl (C=O) groups is 1. The van der Waals surface area contributed by atoms with Gasteiger partial charge in [-0.3, -0.25) is 4.79 Å². The smallest absolute Gasteiger partial charge is 0.265 e. The number of likely N-dealkylation sites (N-methyl/N-ethyl adjacent to an activating group) is 1. The van der Waals surface area contributed by atoms with Gasteiger partial charge in [-0.15, -0.1) is 0 Å². The molecule has 1 amide bonds. The van der Waals surface area contributed by atoms with Crippen molar-refractivity contribution in [2.75, 3.05) is 30.9 Å². The number of para-hydroxylation sites is 2. The zero-order valence-electron chi connectivity index (χ0n) is 12.3. The number of benzene rings is 1. The monoisotopic (exact) mass is 294 g/mol. The lowest BCUT2D eigenvalue weighted by Gasteiger charge is -2.32. The maximum absolute atomic E-state index is 12.5. The number of nitrogens with zero attached hydrogens (tertiary/aromatic N) is 1. The largest absolute Gasteiger partial charge is 0.477 e. The first-order valence-electron chi connectivity index (χ1n) is 6.88. The number of thioether (sulfide) groups is 1. The van der Waals surface area contributed by atoms with E-state index in [9.17, 15) is 4.79 Å². The minimum atomic E-state index is -0.438. The predicted octanol–water partition coefficient (Wildman–Crippen LogP) is 2.46. The van der Waals surface area contributed by atoms with Gasteiger partial charge in [-0.05, 0) is 37.5 Å². The Bertz CT molecular complexity index is 467. The van der Waals surface area contributed by atoms with Crippen molar-refractivity contribution in [1.29, 1.82) is 0 Å². The fraction of sp³-hybridized carbons (Fsp3) is 0.533. The lowest BCUT2D eigenvalue weighted by atomic mass is 10.1. The summed E-state index contributed by atoms with van der Waals surface area (Å²) in [5, 5.41) is 3.25. The van der Waals surface area contributed by atoms with Crippen LogP contribution in [0.1, 0.15) is 13.3 Å². The molecule has 4 nitrogen and oxygen atoms in total. The zero-order valence-corrected chi connectivity index (χ0v) is 13.1. The third kappa shape index (κ3) is 3.39. The van der Waals surface area contributed by atoms with Crippen molar-refractivity contribution in [3.05, 3.63) is 24.3 Å². The van der Waals surface area contributed by atoms with E-state index < -0.39 is 6.10 Å². The molecular formula is C15H22N2O2S. The van der Waals surface area contributed by atoms with Gasteiger partial charge >= 0.3 is 0 Å². The van der Waals surface area contributed by atoms with Gasteiger partial charge in [-0.2, -0.15) is 11.8 Å². The summed E-state index contributed by atoms with van der Waals surface area (Å²) in [4.78, 5) is 14.3. The minimum Gasteiger partial charge on any atom is -0.477 e. The van der Waals surface area contributed by atoms with E-state index in [-0.39, 0.29) is 11.9 Å². The van der Waals surface area contributed by atoms with Crippen molar-refractivity contribution < 1.29 is 9.53 Å². The number of hydrogen-bond donors (Lipinski definition) is 1. The minimum absolute atomic E-state index is 0.0422. The molecular weight excluding hydrogens is 272 g/mol. The van der Waals surface area contributed by atoms with E-state index in [2.05, 4.69) is 18.5 Å². The van der Waals surface area contributed by atoms with E-state index in [4.69, 9.17) is 4.74 Å². The molecule has 0 bridgehead atoms. The molecule has 0 saturated heterocycles. The van der Waals surface area contributed by atoms with Crippen molar-refractivity contribution in [2.24, 2.45) is 0 Å². The fourth-order valence-electron chi connectivity index (χ4n) is 2.18. The number of ether oxygens (including phenoxy) is 1. The summed E-state index contributed by atoms with van der Waals surface area (Å²) >= 11 is 1.80. The van der Waals surface area contributed by atoms with E-state index in [1.54, 1.807) is 16.7 Å². The molecule has 0 radical (unpaired) electrons. The van der Waals surface area contributed by atoms with Gasteiger partial charge in [0.2, 0.25) is 0 Å². The van der Waals surface area contributed by atoms with Crippen molar-refractivity contribution in [3.8, 4) is 5.75 Å². The summed E-state index contributed by atoms with van der Waals surface area (Å²) in [6.45, 7) is 2.60. The number of rotatable bonds is 5. The summed E-state index contributed by atoms with van der Waals surface area (Å²) in [6, 6.07) is 7.95. The Hall–Kier alpha value is -1.36. The van der Waals surface area contributed by atoms with Gasteiger partial charge in [0.15, 0.2) is 6.10 Å². The second-order valence-corrected chi connectivity index (χ2v) is 6.05. The van der Waals surface area contributed by atoms with Gasteiger partial charge in [-0.25, -0.2) is 0 Å². The highest BCUT2D eigenvalue weighted by atomic mass is 32.2. The second-order valence-electron chi connectivity index (χ2n) is 5.06. The predicted molar refractivity (Wildman–Crippen MR) is 84.6 cm³/mol. The van der Waals surface area contributed by atoms with Gasteiger partial charge in [-0.1, -0.05) is 12.1 Å². The Kier molecular flexibility index (Phi) is 5.17. The number of anilines is 1. The van der Waals surface area contributed by atoms with Crippen LogP contribution < -0.4 is 10.1 Å². The van der Waals surface area contributed by atoms with Crippen LogP contribution in [-0.2, 0) is 4.79 Å². The van der Waals surface area contributed by atoms with Crippen LogP contribution in [0.3, 0.4) is 0 Å². The van der Waals surface area contributed by atoms with Crippen molar-refractivity contribution >= 4 is 23.4 Å². The molecule has 2 unspecified atom stereocenters. The highest BCUT2D eigenvalue weighted by molar-refractivity contribution is 7.98. The van der Waals surface area contributed by atoms with Gasteiger partial charge in [0.05, 0.1) is 12.2 Å². The highest BCUT2D eigenvalue weighted by Gasteiger charge is 2.29. The number of carbonyl (C=O) groups excluding carboxylic acids is 1. The number of amides is 1. The molecule has 5 heteroatoms. The van der Waals surface area contributed by atoms with Gasteiger partial charge in [0, 0.05) is 13.1 Å². The summed E-state index contributed by atoms with van der Waals surface area (Å²) in [7, 11) is 1.86. The third-order valence-corrected chi connectivity index (χ3v) is 4.30. The Morgan fingerprint density at radius 3 is 3.05 bits per heavy atom. The van der Waals surface area contributed by atoms with Gasteiger partial charge in [0.25, 0.3) is 5.91 Å². The lowest BCUT2D eigenvalue weighted by molar-refractivity contribution is -0.138. The van der Waals surface area contributed by atoms with Crippen molar-refractivity contribution in [3.63, 3.8) is 0 Å². The molecule has 2 rings (SSSR count). The molecule has 110 valence electrons. The van der Waals surface area contributed by atoms with E-state index in [1.807, 2.05) is 31.3 Å². The van der Waals surface area contributed by atoms with Crippen LogP contribution in [0.25, 0.3) is 0 Å². The van der Waals surface area contributed by atoms with E-state index in [0.29, 0.717) is 6.54 Å². The first-order valence-corrected chi connectivity index (χ1v) is 8.28. The van der Waals surface area contributed by atoms with E-state index in [0.717, 1.165) is 23.6 Å². The molecule has 0 saturated carbocycles. The maximum Gasteiger partial charge on any atom is 0.265 e. The van der Waals surface area contributed by atoms with Crippen LogP contribution in [-0.4, -0.2) is 48.6 Å². The highest BCUT2D eigenvalue weighted by Crippen LogP contribution is 2.28. The molecule has 0 spiro atoms. The SMILES string of the molecule is CSCCC(C)N(C)C(=O)C1CNc2ccccc2O1. The Morgan fingerprint density at radius 2 is 2.30 bits per heavy atom. The molecule has 1 aliphatic heterocycles. The first-order chi connectivity index (χ1) is 9.63. The summed E-state index contributed by atoms with van der Waals surface area (Å²) in [5.74, 6) is 1.86. The molecule has 1 aliphatic rings. The van der Waals surface area contributed by atoms with E-state index >= 15 is 0 Å². The first kappa shape index (κ1) is 15.0. The van der Waals surface area contributed by atoms with Crippen LogP contribution in [0.5, 0.6) is 5.75 Å². The van der Waals surface area contributed by atoms with Crippen LogP contribution in [0.15, 0.2) is 24.3 Å². The Balaban J connectivity index is 1.97. The summed E-state index contributed by atoms with van der Waals surface area (Å²) < 4.78 is 5.81. The quantitative estimate of drug-likeness (QED) is 0.906. The van der Waals surface area contributed by atoms with Crippen molar-refractivity contribution in [1.82, 2.24) is 4.90 Å². The van der Waals surface area contributed by atoms with Crippen molar-refractivity contribution in [2.45, 2.75) is 25.5 Å². The normalized spacial score (nSPS) is 18.4. The standard InChI is InChI=1S/C15H22N2O2S/c1-11(8-9-20-3)17(2)15(18)14-10-16-12-6-4-5-7-13(12)19-14/h4-7,11,14,16H,8-10H2,1-3H3. The zero-order chi connectivity index (χ0) is 14.5. The molecule has 2 atom stereocenters. The fourth-order valence-corrected chi connectivity index (χ4v) is 2.75. The van der Waals surface area contributed by atoms with Gasteiger partial charge in [0.1, 0.15) is 5.75 Å². The van der Waals surface area contributed by atoms with E-state index in [1.165, 1.54) is 0 Å². The maximum atomic E-state index is 12.5.